The molecule has 37 heavy (non-hydrogen) atoms. The molecule has 0 radical (unpaired) electrons. The number of hydrogen-bond donors (Lipinski definition) is 1. The average molecular weight is 515 g/mol. The fourth-order valence-corrected chi connectivity index (χ4v) is 6.34. The number of nitrogens with zero attached hydrogens (tertiary/aromatic N) is 2. The molecule has 0 aromatic heterocycles. The molecule has 1 amide bonds. The van der Waals surface area contributed by atoms with Gasteiger partial charge < -0.3 is 10.0 Å². The summed E-state index contributed by atoms with van der Waals surface area (Å²) in [6.45, 7) is 6.33. The molecule has 5 heteroatoms. The van der Waals surface area contributed by atoms with E-state index in [1.54, 1.807) is 6.07 Å². The van der Waals surface area contributed by atoms with Crippen LogP contribution in [-0.2, 0) is 6.54 Å². The Morgan fingerprint density at radius 2 is 1.54 bits per heavy atom. The van der Waals surface area contributed by atoms with Crippen LogP contribution in [0.15, 0.2) is 78.4 Å². The number of aromatic hydroxyl groups is 1. The number of carbonyl (C=O) groups excluding carboxylic acids is 1. The van der Waals surface area contributed by atoms with Gasteiger partial charge in [0.25, 0.3) is 5.91 Å². The van der Waals surface area contributed by atoms with Crippen molar-refractivity contribution in [2.75, 3.05) is 13.1 Å². The zero-order valence-electron chi connectivity index (χ0n) is 21.7. The van der Waals surface area contributed by atoms with Gasteiger partial charge in [-0.05, 0) is 98.2 Å². The second kappa shape index (κ2) is 11.1. The Balaban J connectivity index is 1.48. The van der Waals surface area contributed by atoms with E-state index in [-0.39, 0.29) is 11.7 Å². The number of amides is 1. The molecule has 0 spiro atoms. The zero-order chi connectivity index (χ0) is 25.9. The molecule has 1 N–H and O–H groups in total. The van der Waals surface area contributed by atoms with Crippen LogP contribution < -0.4 is 0 Å². The first-order valence-electron chi connectivity index (χ1n) is 13.4. The van der Waals surface area contributed by atoms with Crippen LogP contribution in [0.5, 0.6) is 5.75 Å². The number of hydrogen-bond acceptors (Lipinski definition) is 3. The Hall–Kier alpha value is -3.08. The Labute approximate surface area is 225 Å². The van der Waals surface area contributed by atoms with Crippen LogP contribution in [0, 0.1) is 0 Å². The number of piperidine rings is 1. The quantitative estimate of drug-likeness (QED) is 0.364. The summed E-state index contributed by atoms with van der Waals surface area (Å²) in [5, 5.41) is 11.1. The fraction of sp³-hybridized carbons (Fsp3) is 0.344. The van der Waals surface area contributed by atoms with Crippen LogP contribution in [-0.4, -0.2) is 46.0 Å². The second-order valence-electron chi connectivity index (χ2n) is 10.2. The van der Waals surface area contributed by atoms with E-state index < -0.39 is 0 Å². The first kappa shape index (κ1) is 25.6. The maximum atomic E-state index is 12.9. The van der Waals surface area contributed by atoms with Crippen molar-refractivity contribution in [3.63, 3.8) is 0 Å². The van der Waals surface area contributed by atoms with E-state index in [0.717, 1.165) is 35.5 Å². The van der Waals surface area contributed by atoms with Gasteiger partial charge >= 0.3 is 0 Å². The zero-order valence-corrected chi connectivity index (χ0v) is 22.4. The van der Waals surface area contributed by atoms with Gasteiger partial charge in [-0.15, -0.1) is 0 Å². The molecule has 3 aromatic carbocycles. The van der Waals surface area contributed by atoms with E-state index in [2.05, 4.69) is 35.2 Å². The lowest BCUT2D eigenvalue weighted by Gasteiger charge is -2.37. The molecule has 2 saturated heterocycles. The lowest BCUT2D eigenvalue weighted by Crippen LogP contribution is -2.40. The molecular formula is C32H35ClN2O2. The van der Waals surface area contributed by atoms with Crippen LogP contribution in [0.2, 0.25) is 5.02 Å². The molecule has 2 aliphatic rings. The van der Waals surface area contributed by atoms with Crippen molar-refractivity contribution < 1.29 is 9.90 Å². The molecule has 5 rings (SSSR count). The molecule has 192 valence electrons. The minimum atomic E-state index is 0.0653. The molecule has 0 saturated carbocycles. The Bertz CT molecular complexity index is 1280. The lowest BCUT2D eigenvalue weighted by molar-refractivity contribution is 0.0773. The van der Waals surface area contributed by atoms with Crippen molar-refractivity contribution in [1.82, 2.24) is 9.80 Å². The van der Waals surface area contributed by atoms with Crippen LogP contribution in [0.1, 0.15) is 66.6 Å². The van der Waals surface area contributed by atoms with E-state index in [9.17, 15) is 9.90 Å². The van der Waals surface area contributed by atoms with Crippen LogP contribution in [0.3, 0.4) is 0 Å². The SMILES string of the molecule is CCN(CC)C(=O)c1ccc(C(=C2CC3CCC(C2)N3Cc2cccc(Cl)c2)c2cccc(O)c2)cc1. The van der Waals surface area contributed by atoms with Gasteiger partial charge in [0, 0.05) is 42.3 Å². The first-order valence-corrected chi connectivity index (χ1v) is 13.8. The summed E-state index contributed by atoms with van der Waals surface area (Å²) in [5.41, 5.74) is 6.72. The number of rotatable bonds is 7. The summed E-state index contributed by atoms with van der Waals surface area (Å²) >= 11 is 6.26. The number of carbonyl (C=O) groups is 1. The van der Waals surface area contributed by atoms with Gasteiger partial charge in [0.15, 0.2) is 0 Å². The molecule has 2 bridgehead atoms. The molecule has 3 aromatic rings. The third-order valence-electron chi connectivity index (χ3n) is 7.95. The van der Waals surface area contributed by atoms with Gasteiger partial charge in [0.2, 0.25) is 0 Å². The number of phenolic OH excluding ortho intramolecular Hbond substituents is 1. The average Bonchev–Trinajstić information content (AvgIpc) is 3.12. The third kappa shape index (κ3) is 5.46. The van der Waals surface area contributed by atoms with E-state index in [1.165, 1.54) is 29.6 Å². The number of fused-ring (bicyclic) bond motifs is 2. The van der Waals surface area contributed by atoms with E-state index >= 15 is 0 Å². The van der Waals surface area contributed by atoms with E-state index in [4.69, 9.17) is 11.6 Å². The highest BCUT2D eigenvalue weighted by atomic mass is 35.5. The molecule has 2 aliphatic heterocycles. The van der Waals surface area contributed by atoms with Gasteiger partial charge in [-0.1, -0.05) is 53.6 Å². The maximum Gasteiger partial charge on any atom is 0.253 e. The summed E-state index contributed by atoms with van der Waals surface area (Å²) in [5.74, 6) is 0.334. The van der Waals surface area contributed by atoms with Gasteiger partial charge in [-0.25, -0.2) is 0 Å². The predicted octanol–water partition coefficient (Wildman–Crippen LogP) is 7.16. The highest BCUT2D eigenvalue weighted by Crippen LogP contribution is 2.44. The number of benzene rings is 3. The van der Waals surface area contributed by atoms with Crippen molar-refractivity contribution in [3.05, 3.63) is 106 Å². The van der Waals surface area contributed by atoms with E-state index in [1.807, 2.05) is 55.1 Å². The van der Waals surface area contributed by atoms with Gasteiger partial charge in [0.1, 0.15) is 5.75 Å². The normalized spacial score (nSPS) is 19.2. The molecule has 0 aliphatic carbocycles. The number of halogens is 1. The monoisotopic (exact) mass is 514 g/mol. The summed E-state index contributed by atoms with van der Waals surface area (Å²) in [4.78, 5) is 17.4. The first-order chi connectivity index (χ1) is 18.0. The topological polar surface area (TPSA) is 43.8 Å². The molecule has 2 unspecified atom stereocenters. The molecule has 2 fully saturated rings. The summed E-state index contributed by atoms with van der Waals surface area (Å²) in [7, 11) is 0. The lowest BCUT2D eigenvalue weighted by atomic mass is 9.85. The smallest absolute Gasteiger partial charge is 0.253 e. The Morgan fingerprint density at radius 1 is 0.892 bits per heavy atom. The third-order valence-corrected chi connectivity index (χ3v) is 8.18. The fourth-order valence-electron chi connectivity index (χ4n) is 6.12. The van der Waals surface area contributed by atoms with Gasteiger partial charge in [-0.2, -0.15) is 0 Å². The molecular weight excluding hydrogens is 480 g/mol. The van der Waals surface area contributed by atoms with Crippen LogP contribution in [0.4, 0.5) is 0 Å². The Kier molecular flexibility index (Phi) is 7.68. The van der Waals surface area contributed by atoms with Crippen molar-refractivity contribution in [1.29, 1.82) is 0 Å². The maximum absolute atomic E-state index is 12.9. The summed E-state index contributed by atoms with van der Waals surface area (Å²) in [6.07, 6.45) is 4.39. The van der Waals surface area contributed by atoms with Crippen molar-refractivity contribution in [3.8, 4) is 5.75 Å². The standard InChI is InChI=1S/C32H35ClN2O2/c1-3-34(4-2)32(37)24-13-11-23(12-14-24)31(25-8-6-10-30(36)20-25)26-18-28-15-16-29(19-26)35(28)21-22-7-5-9-27(33)17-22/h5-14,17,20,28-29,36H,3-4,15-16,18-19,21H2,1-2H3. The van der Waals surface area contributed by atoms with Crippen molar-refractivity contribution in [2.45, 2.75) is 58.2 Å². The van der Waals surface area contributed by atoms with Crippen LogP contribution >= 0.6 is 11.6 Å². The van der Waals surface area contributed by atoms with Gasteiger partial charge in [0.05, 0.1) is 0 Å². The minimum Gasteiger partial charge on any atom is -0.508 e. The summed E-state index contributed by atoms with van der Waals surface area (Å²) in [6, 6.07) is 24.8. The largest absolute Gasteiger partial charge is 0.508 e. The number of phenols is 1. The highest BCUT2D eigenvalue weighted by molar-refractivity contribution is 6.30. The highest BCUT2D eigenvalue weighted by Gasteiger charge is 2.39. The molecule has 2 atom stereocenters. The molecule has 4 nitrogen and oxygen atoms in total. The van der Waals surface area contributed by atoms with Crippen molar-refractivity contribution >= 4 is 23.1 Å². The van der Waals surface area contributed by atoms with Gasteiger partial charge in [-0.3, -0.25) is 9.69 Å². The van der Waals surface area contributed by atoms with E-state index in [0.29, 0.717) is 30.7 Å². The predicted molar refractivity (Wildman–Crippen MR) is 151 cm³/mol. The second-order valence-corrected chi connectivity index (χ2v) is 10.6. The Morgan fingerprint density at radius 3 is 2.16 bits per heavy atom. The molecule has 2 heterocycles. The van der Waals surface area contributed by atoms with Crippen molar-refractivity contribution in [2.24, 2.45) is 0 Å². The van der Waals surface area contributed by atoms with Crippen LogP contribution in [0.25, 0.3) is 5.57 Å². The minimum absolute atomic E-state index is 0.0653. The summed E-state index contributed by atoms with van der Waals surface area (Å²) < 4.78 is 0.